The van der Waals surface area contributed by atoms with Crippen molar-refractivity contribution in [2.24, 2.45) is 17.3 Å². The molecule has 3 nitrogen and oxygen atoms in total. The van der Waals surface area contributed by atoms with Gasteiger partial charge in [0.1, 0.15) is 6.61 Å². The molecule has 0 heterocycles. The van der Waals surface area contributed by atoms with Gasteiger partial charge in [0.05, 0.1) is 12.0 Å². The fourth-order valence-corrected chi connectivity index (χ4v) is 2.71. The van der Waals surface area contributed by atoms with Crippen LogP contribution in [0.5, 0.6) is 0 Å². The Morgan fingerprint density at radius 2 is 2.27 bits per heavy atom. The number of carbonyl (C=O) groups is 1. The summed E-state index contributed by atoms with van der Waals surface area (Å²) in [4.78, 5) is 11.9. The first-order valence-electron chi connectivity index (χ1n) is 5.51. The maximum Gasteiger partial charge on any atom is 0.312 e. The van der Waals surface area contributed by atoms with Gasteiger partial charge in [-0.3, -0.25) is 4.79 Å². The number of esters is 1. The van der Waals surface area contributed by atoms with Crippen molar-refractivity contribution in [1.29, 1.82) is 0 Å². The molecule has 3 unspecified atom stereocenters. The lowest BCUT2D eigenvalue weighted by atomic mass is 9.78. The zero-order chi connectivity index (χ0) is 10.9. The van der Waals surface area contributed by atoms with Gasteiger partial charge in [-0.15, -0.1) is 0 Å². The van der Waals surface area contributed by atoms with E-state index in [0.29, 0.717) is 25.0 Å². The molecule has 1 saturated carbocycles. The summed E-state index contributed by atoms with van der Waals surface area (Å²) >= 11 is 0. The van der Waals surface area contributed by atoms with E-state index in [1.165, 1.54) is 0 Å². The second-order valence-corrected chi connectivity index (χ2v) is 4.74. The van der Waals surface area contributed by atoms with E-state index < -0.39 is 0 Å². The molecule has 0 aliphatic heterocycles. The third-order valence-electron chi connectivity index (χ3n) is 3.66. The largest absolute Gasteiger partial charge is 0.463 e. The fourth-order valence-electron chi connectivity index (χ4n) is 2.71. The lowest BCUT2D eigenvalue weighted by Crippen LogP contribution is -2.34. The van der Waals surface area contributed by atoms with E-state index in [2.05, 4.69) is 12.2 Å². The minimum absolute atomic E-state index is 0.0589. The van der Waals surface area contributed by atoms with Crippen molar-refractivity contribution < 1.29 is 14.3 Å². The molecule has 0 N–H and O–H groups in total. The van der Waals surface area contributed by atoms with Crippen LogP contribution in [0.2, 0.25) is 0 Å². The molecule has 0 saturated heterocycles. The summed E-state index contributed by atoms with van der Waals surface area (Å²) in [7, 11) is 1.61. The Kier molecular flexibility index (Phi) is 2.83. The highest BCUT2D eigenvalue weighted by Crippen LogP contribution is 2.52. The number of hydrogen-bond acceptors (Lipinski definition) is 3. The van der Waals surface area contributed by atoms with Crippen molar-refractivity contribution in [1.82, 2.24) is 0 Å². The third-order valence-corrected chi connectivity index (χ3v) is 3.66. The molecular weight excluding hydrogens is 192 g/mol. The lowest BCUT2D eigenvalue weighted by molar-refractivity contribution is -0.157. The Hall–Kier alpha value is -0.830. The highest BCUT2D eigenvalue weighted by molar-refractivity contribution is 5.78. The van der Waals surface area contributed by atoms with Crippen LogP contribution in [0.4, 0.5) is 0 Å². The number of methoxy groups -OCH3 is 1. The average Bonchev–Trinajstić information content (AvgIpc) is 2.78. The smallest absolute Gasteiger partial charge is 0.312 e. The molecular formula is C12H18O3. The molecule has 2 rings (SSSR count). The maximum absolute atomic E-state index is 11.9. The summed E-state index contributed by atoms with van der Waals surface area (Å²) in [6.07, 6.45) is 6.47. The highest BCUT2D eigenvalue weighted by Gasteiger charge is 2.50. The number of carbonyl (C=O) groups excluding carboxylic acids is 1. The third kappa shape index (κ3) is 1.81. The quantitative estimate of drug-likeness (QED) is 0.403. The Labute approximate surface area is 90.4 Å². The SMILES string of the molecule is COCCOC(=O)C1(C)CC2C=CC1C2. The van der Waals surface area contributed by atoms with E-state index in [9.17, 15) is 4.79 Å². The molecule has 2 bridgehead atoms. The monoisotopic (exact) mass is 210 g/mol. The normalized spacial score (nSPS) is 37.2. The van der Waals surface area contributed by atoms with Gasteiger partial charge in [-0.25, -0.2) is 0 Å². The van der Waals surface area contributed by atoms with Crippen molar-refractivity contribution in [2.45, 2.75) is 19.8 Å². The fraction of sp³-hybridized carbons (Fsp3) is 0.750. The van der Waals surface area contributed by atoms with Gasteiger partial charge in [-0.05, 0) is 31.6 Å². The van der Waals surface area contributed by atoms with E-state index >= 15 is 0 Å². The van der Waals surface area contributed by atoms with E-state index in [-0.39, 0.29) is 11.4 Å². The van der Waals surface area contributed by atoms with Gasteiger partial charge in [-0.2, -0.15) is 0 Å². The summed E-state index contributed by atoms with van der Waals surface area (Å²) in [5.74, 6) is 0.920. The van der Waals surface area contributed by atoms with Gasteiger partial charge >= 0.3 is 5.97 Å². The summed E-state index contributed by atoms with van der Waals surface area (Å²) in [6, 6.07) is 0. The first-order chi connectivity index (χ1) is 7.16. The van der Waals surface area contributed by atoms with Crippen molar-refractivity contribution in [2.75, 3.05) is 20.3 Å². The zero-order valence-electron chi connectivity index (χ0n) is 9.36. The molecule has 1 fully saturated rings. The molecule has 15 heavy (non-hydrogen) atoms. The molecule has 84 valence electrons. The van der Waals surface area contributed by atoms with Crippen LogP contribution in [0.1, 0.15) is 19.8 Å². The van der Waals surface area contributed by atoms with Crippen LogP contribution in [0.3, 0.4) is 0 Å². The molecule has 0 spiro atoms. The van der Waals surface area contributed by atoms with Crippen LogP contribution in [-0.4, -0.2) is 26.3 Å². The van der Waals surface area contributed by atoms with Crippen molar-refractivity contribution in [3.63, 3.8) is 0 Å². The van der Waals surface area contributed by atoms with Crippen molar-refractivity contribution in [3.8, 4) is 0 Å². The lowest BCUT2D eigenvalue weighted by Gasteiger charge is -2.28. The van der Waals surface area contributed by atoms with Crippen LogP contribution in [0.25, 0.3) is 0 Å². The van der Waals surface area contributed by atoms with Crippen molar-refractivity contribution >= 4 is 5.97 Å². The highest BCUT2D eigenvalue weighted by atomic mass is 16.6. The number of rotatable bonds is 4. The van der Waals surface area contributed by atoms with Gasteiger partial charge in [0.15, 0.2) is 0 Å². The summed E-state index contributed by atoms with van der Waals surface area (Å²) < 4.78 is 10.1. The van der Waals surface area contributed by atoms with Crippen LogP contribution < -0.4 is 0 Å². The first-order valence-corrected chi connectivity index (χ1v) is 5.51. The Morgan fingerprint density at radius 1 is 1.47 bits per heavy atom. The molecule has 2 aliphatic rings. The summed E-state index contributed by atoms with van der Waals surface area (Å²) in [5.41, 5.74) is -0.285. The van der Waals surface area contributed by atoms with E-state index in [0.717, 1.165) is 12.8 Å². The number of ether oxygens (including phenoxy) is 2. The van der Waals surface area contributed by atoms with Crippen LogP contribution in [0.15, 0.2) is 12.2 Å². The molecule has 0 amide bonds. The second-order valence-electron chi connectivity index (χ2n) is 4.74. The molecule has 3 heteroatoms. The molecule has 0 aromatic rings. The molecule has 0 aromatic carbocycles. The Balaban J connectivity index is 1.92. The second kappa shape index (κ2) is 3.97. The minimum atomic E-state index is -0.285. The number of allylic oxidation sites excluding steroid dienone is 2. The predicted octanol–water partition coefficient (Wildman–Crippen LogP) is 1.78. The van der Waals surface area contributed by atoms with Gasteiger partial charge in [0, 0.05) is 7.11 Å². The molecule has 0 aromatic heterocycles. The maximum atomic E-state index is 11.9. The topological polar surface area (TPSA) is 35.5 Å². The van der Waals surface area contributed by atoms with Gasteiger partial charge < -0.3 is 9.47 Å². The predicted molar refractivity (Wildman–Crippen MR) is 56.3 cm³/mol. The first kappa shape index (κ1) is 10.7. The summed E-state index contributed by atoms with van der Waals surface area (Å²) in [6.45, 7) is 2.87. The van der Waals surface area contributed by atoms with E-state index in [4.69, 9.17) is 9.47 Å². The molecule has 3 atom stereocenters. The van der Waals surface area contributed by atoms with Gasteiger partial charge in [0.25, 0.3) is 0 Å². The van der Waals surface area contributed by atoms with Crippen LogP contribution in [-0.2, 0) is 14.3 Å². The van der Waals surface area contributed by atoms with Crippen LogP contribution in [0, 0.1) is 17.3 Å². The van der Waals surface area contributed by atoms with E-state index in [1.54, 1.807) is 7.11 Å². The summed E-state index contributed by atoms with van der Waals surface area (Å²) in [5, 5.41) is 0. The standard InChI is InChI=1S/C12H18O3/c1-12(11(13)15-6-5-14-2)8-9-3-4-10(12)7-9/h3-4,9-10H,5-8H2,1-2H3. The number of fused-ring (bicyclic) bond motifs is 2. The van der Waals surface area contributed by atoms with Crippen LogP contribution >= 0.6 is 0 Å². The Morgan fingerprint density at radius 3 is 2.80 bits per heavy atom. The van der Waals surface area contributed by atoms with Gasteiger partial charge in [-0.1, -0.05) is 12.2 Å². The van der Waals surface area contributed by atoms with Gasteiger partial charge in [0.2, 0.25) is 0 Å². The van der Waals surface area contributed by atoms with E-state index in [1.807, 2.05) is 6.92 Å². The van der Waals surface area contributed by atoms with Crippen molar-refractivity contribution in [3.05, 3.63) is 12.2 Å². The molecule has 2 aliphatic carbocycles. The zero-order valence-corrected chi connectivity index (χ0v) is 9.36. The molecule has 0 radical (unpaired) electrons. The average molecular weight is 210 g/mol. The minimum Gasteiger partial charge on any atom is -0.463 e. The number of hydrogen-bond donors (Lipinski definition) is 0. The Bertz CT molecular complexity index is 285.